The standard InChI is InChI=1S/C12H10ClNS/c13-11-8-12-10(4-5-14-12)7-9(11)3-1-2-6-15/h4-5,7-8,14-15H,2,6H2. The molecule has 0 fully saturated rings. The number of nitrogens with one attached hydrogen (secondary N) is 1. The highest BCUT2D eigenvalue weighted by Crippen LogP contribution is 2.22. The predicted octanol–water partition coefficient (Wildman–Crippen LogP) is 3.49. The molecule has 0 atom stereocenters. The van der Waals surface area contributed by atoms with Crippen molar-refractivity contribution in [3.05, 3.63) is 35.0 Å². The van der Waals surface area contributed by atoms with Crippen LogP contribution < -0.4 is 0 Å². The van der Waals surface area contributed by atoms with E-state index in [1.165, 1.54) is 0 Å². The molecule has 0 aliphatic rings. The maximum Gasteiger partial charge on any atom is 0.0583 e. The Balaban J connectivity index is 2.43. The number of thiol groups is 1. The summed E-state index contributed by atoms with van der Waals surface area (Å²) in [5, 5.41) is 1.83. The van der Waals surface area contributed by atoms with Gasteiger partial charge in [0, 0.05) is 34.8 Å². The Bertz CT molecular complexity index is 533. The minimum atomic E-state index is 0.691. The second-order valence-corrected chi connectivity index (χ2v) is 4.03. The number of benzene rings is 1. The van der Waals surface area contributed by atoms with E-state index in [9.17, 15) is 0 Å². The van der Waals surface area contributed by atoms with Gasteiger partial charge in [-0.3, -0.25) is 0 Å². The summed E-state index contributed by atoms with van der Waals surface area (Å²) < 4.78 is 0. The van der Waals surface area contributed by atoms with Crippen LogP contribution >= 0.6 is 24.2 Å². The Morgan fingerprint density at radius 1 is 1.40 bits per heavy atom. The van der Waals surface area contributed by atoms with Crippen molar-refractivity contribution in [3.63, 3.8) is 0 Å². The molecular weight excluding hydrogens is 226 g/mol. The first-order valence-corrected chi connectivity index (χ1v) is 5.68. The van der Waals surface area contributed by atoms with Crippen LogP contribution in [0.1, 0.15) is 12.0 Å². The molecule has 0 saturated carbocycles. The summed E-state index contributed by atoms with van der Waals surface area (Å²) in [7, 11) is 0. The van der Waals surface area contributed by atoms with Crippen molar-refractivity contribution < 1.29 is 0 Å². The van der Waals surface area contributed by atoms with Crippen molar-refractivity contribution >= 4 is 35.1 Å². The van der Waals surface area contributed by atoms with E-state index in [4.69, 9.17) is 11.6 Å². The Kier molecular flexibility index (Phi) is 3.25. The molecule has 1 heterocycles. The van der Waals surface area contributed by atoms with E-state index >= 15 is 0 Å². The zero-order valence-electron chi connectivity index (χ0n) is 8.05. The SMILES string of the molecule is SCCC#Cc1cc2cc[nH]c2cc1Cl. The van der Waals surface area contributed by atoms with E-state index in [0.717, 1.165) is 28.6 Å². The monoisotopic (exact) mass is 235 g/mol. The van der Waals surface area contributed by atoms with Crippen molar-refractivity contribution in [2.24, 2.45) is 0 Å². The van der Waals surface area contributed by atoms with Crippen LogP contribution in [-0.2, 0) is 0 Å². The predicted molar refractivity (Wildman–Crippen MR) is 68.7 cm³/mol. The second-order valence-electron chi connectivity index (χ2n) is 3.17. The van der Waals surface area contributed by atoms with Crippen molar-refractivity contribution in [1.29, 1.82) is 0 Å². The summed E-state index contributed by atoms with van der Waals surface area (Å²) in [5.41, 5.74) is 1.92. The molecule has 0 amide bonds. The quantitative estimate of drug-likeness (QED) is 0.556. The summed E-state index contributed by atoms with van der Waals surface area (Å²) in [5.74, 6) is 6.85. The van der Waals surface area contributed by atoms with Crippen LogP contribution in [-0.4, -0.2) is 10.7 Å². The summed E-state index contributed by atoms with van der Waals surface area (Å²) >= 11 is 10.2. The third-order valence-corrected chi connectivity index (χ3v) is 2.64. The second kappa shape index (κ2) is 4.65. The van der Waals surface area contributed by atoms with Gasteiger partial charge in [0.15, 0.2) is 0 Å². The highest BCUT2D eigenvalue weighted by molar-refractivity contribution is 7.80. The third kappa shape index (κ3) is 2.31. The lowest BCUT2D eigenvalue weighted by Crippen LogP contribution is -1.78. The molecule has 0 bridgehead atoms. The maximum atomic E-state index is 6.10. The van der Waals surface area contributed by atoms with Gasteiger partial charge in [-0.1, -0.05) is 23.4 Å². The van der Waals surface area contributed by atoms with Crippen LogP contribution in [0.3, 0.4) is 0 Å². The highest BCUT2D eigenvalue weighted by Gasteiger charge is 2.00. The van der Waals surface area contributed by atoms with Gasteiger partial charge in [0.05, 0.1) is 5.02 Å². The van der Waals surface area contributed by atoms with Crippen LogP contribution in [0, 0.1) is 11.8 Å². The molecule has 76 valence electrons. The van der Waals surface area contributed by atoms with E-state index in [1.807, 2.05) is 24.4 Å². The Morgan fingerprint density at radius 2 is 2.27 bits per heavy atom. The fourth-order valence-corrected chi connectivity index (χ4v) is 1.71. The molecule has 0 aliphatic carbocycles. The normalized spacial score (nSPS) is 10.0. The minimum absolute atomic E-state index is 0.691. The van der Waals surface area contributed by atoms with E-state index in [1.54, 1.807) is 0 Å². The number of hydrogen-bond acceptors (Lipinski definition) is 1. The first kappa shape index (κ1) is 10.5. The van der Waals surface area contributed by atoms with Gasteiger partial charge in [-0.05, 0) is 18.2 Å². The van der Waals surface area contributed by atoms with Crippen molar-refractivity contribution in [2.45, 2.75) is 6.42 Å². The lowest BCUT2D eigenvalue weighted by molar-refractivity contribution is 1.31. The number of H-pyrrole nitrogens is 1. The number of hydrogen-bond donors (Lipinski definition) is 2. The molecule has 3 heteroatoms. The van der Waals surface area contributed by atoms with Crippen molar-refractivity contribution in [2.75, 3.05) is 5.75 Å². The van der Waals surface area contributed by atoms with Gasteiger partial charge in [0.2, 0.25) is 0 Å². The van der Waals surface area contributed by atoms with E-state index < -0.39 is 0 Å². The lowest BCUT2D eigenvalue weighted by atomic mass is 10.1. The maximum absolute atomic E-state index is 6.10. The summed E-state index contributed by atoms with van der Waals surface area (Å²) in [6, 6.07) is 5.91. The average molecular weight is 236 g/mol. The Hall–Kier alpha value is -1.04. The van der Waals surface area contributed by atoms with Crippen molar-refractivity contribution in [3.8, 4) is 11.8 Å². The van der Waals surface area contributed by atoms with Gasteiger partial charge in [-0.25, -0.2) is 0 Å². The molecule has 0 saturated heterocycles. The molecule has 1 nitrogen and oxygen atoms in total. The fraction of sp³-hybridized carbons (Fsp3) is 0.167. The van der Waals surface area contributed by atoms with Crippen LogP contribution in [0.5, 0.6) is 0 Å². The number of rotatable bonds is 1. The van der Waals surface area contributed by atoms with Gasteiger partial charge in [0.1, 0.15) is 0 Å². The summed E-state index contributed by atoms with van der Waals surface area (Å²) in [6.45, 7) is 0. The zero-order chi connectivity index (χ0) is 10.7. The molecular formula is C12H10ClNS. The van der Waals surface area contributed by atoms with Crippen molar-refractivity contribution in [1.82, 2.24) is 4.98 Å². The number of aromatic amines is 1. The third-order valence-electron chi connectivity index (χ3n) is 2.10. The summed E-state index contributed by atoms with van der Waals surface area (Å²) in [6.07, 6.45) is 2.68. The molecule has 15 heavy (non-hydrogen) atoms. The lowest BCUT2D eigenvalue weighted by Gasteiger charge is -1.96. The molecule has 2 aromatic rings. The van der Waals surface area contributed by atoms with Crippen LogP contribution in [0.25, 0.3) is 10.9 Å². The molecule has 0 aliphatic heterocycles. The number of fused-ring (bicyclic) bond motifs is 1. The smallest absolute Gasteiger partial charge is 0.0583 e. The molecule has 1 N–H and O–H groups in total. The first-order valence-electron chi connectivity index (χ1n) is 4.67. The number of aromatic nitrogens is 1. The largest absolute Gasteiger partial charge is 0.361 e. The van der Waals surface area contributed by atoms with Gasteiger partial charge >= 0.3 is 0 Å². The van der Waals surface area contributed by atoms with E-state index in [2.05, 4.69) is 29.5 Å². The van der Waals surface area contributed by atoms with Crippen LogP contribution in [0.4, 0.5) is 0 Å². The van der Waals surface area contributed by atoms with Crippen LogP contribution in [0.2, 0.25) is 5.02 Å². The molecule has 2 rings (SSSR count). The zero-order valence-corrected chi connectivity index (χ0v) is 9.70. The number of halogens is 1. The first-order chi connectivity index (χ1) is 7.31. The van der Waals surface area contributed by atoms with Gasteiger partial charge in [0.25, 0.3) is 0 Å². The Labute approximate surface area is 99.2 Å². The molecule has 1 aromatic carbocycles. The molecule has 0 spiro atoms. The van der Waals surface area contributed by atoms with E-state index in [0.29, 0.717) is 5.02 Å². The summed E-state index contributed by atoms with van der Waals surface area (Å²) in [4.78, 5) is 3.11. The minimum Gasteiger partial charge on any atom is -0.361 e. The molecule has 0 radical (unpaired) electrons. The van der Waals surface area contributed by atoms with Crippen LogP contribution in [0.15, 0.2) is 24.4 Å². The average Bonchev–Trinajstić information content (AvgIpc) is 2.65. The van der Waals surface area contributed by atoms with E-state index in [-0.39, 0.29) is 0 Å². The molecule has 1 aromatic heterocycles. The Morgan fingerprint density at radius 3 is 3.07 bits per heavy atom. The van der Waals surface area contributed by atoms with Gasteiger partial charge in [-0.15, -0.1) is 0 Å². The van der Waals surface area contributed by atoms with Gasteiger partial charge < -0.3 is 4.98 Å². The molecule has 0 unspecified atom stereocenters. The fourth-order valence-electron chi connectivity index (χ4n) is 1.38. The highest BCUT2D eigenvalue weighted by atomic mass is 35.5. The van der Waals surface area contributed by atoms with Gasteiger partial charge in [-0.2, -0.15) is 12.6 Å². The topological polar surface area (TPSA) is 15.8 Å².